The molecular formula is C14H27NS. The molecule has 2 heteroatoms. The minimum Gasteiger partial charge on any atom is -0.313 e. The van der Waals surface area contributed by atoms with E-state index < -0.39 is 0 Å². The Kier molecular flexibility index (Phi) is 5.02. The summed E-state index contributed by atoms with van der Waals surface area (Å²) < 4.78 is 0. The number of rotatable bonds is 6. The van der Waals surface area contributed by atoms with Crippen LogP contribution in [0.15, 0.2) is 0 Å². The van der Waals surface area contributed by atoms with Crippen molar-refractivity contribution < 1.29 is 0 Å². The van der Waals surface area contributed by atoms with Gasteiger partial charge in [-0.2, -0.15) is 11.8 Å². The molecule has 0 heterocycles. The van der Waals surface area contributed by atoms with Crippen LogP contribution >= 0.6 is 11.8 Å². The van der Waals surface area contributed by atoms with Crippen molar-refractivity contribution in [3.8, 4) is 0 Å². The number of hydrogen-bond acceptors (Lipinski definition) is 2. The highest BCUT2D eigenvalue weighted by Crippen LogP contribution is 2.32. The molecule has 0 aromatic carbocycles. The Balaban J connectivity index is 1.55. The molecule has 1 N–H and O–H groups in total. The summed E-state index contributed by atoms with van der Waals surface area (Å²) in [6, 6.07) is 0.787. The lowest BCUT2D eigenvalue weighted by molar-refractivity contribution is 0.212. The normalized spacial score (nSPS) is 35.2. The van der Waals surface area contributed by atoms with Crippen molar-refractivity contribution >= 4 is 11.8 Å². The molecule has 0 amide bonds. The zero-order valence-electron chi connectivity index (χ0n) is 10.9. The molecule has 16 heavy (non-hydrogen) atoms. The Morgan fingerprint density at radius 3 is 2.38 bits per heavy atom. The van der Waals surface area contributed by atoms with Crippen LogP contribution in [0.3, 0.4) is 0 Å². The molecule has 2 unspecified atom stereocenters. The van der Waals surface area contributed by atoms with Gasteiger partial charge < -0.3 is 5.32 Å². The van der Waals surface area contributed by atoms with Gasteiger partial charge in [-0.05, 0) is 49.2 Å². The third-order valence-corrected chi connectivity index (χ3v) is 5.42. The summed E-state index contributed by atoms with van der Waals surface area (Å²) in [4.78, 5) is 0. The predicted molar refractivity (Wildman–Crippen MR) is 74.0 cm³/mol. The first-order valence-corrected chi connectivity index (χ1v) is 8.24. The molecule has 2 rings (SSSR count). The Morgan fingerprint density at radius 2 is 1.75 bits per heavy atom. The smallest absolute Gasteiger partial charge is 0.0119 e. The van der Waals surface area contributed by atoms with Crippen molar-refractivity contribution in [2.24, 2.45) is 17.8 Å². The third kappa shape index (κ3) is 3.96. The monoisotopic (exact) mass is 241 g/mol. The van der Waals surface area contributed by atoms with Gasteiger partial charge in [0.15, 0.2) is 0 Å². The van der Waals surface area contributed by atoms with E-state index in [2.05, 4.69) is 30.9 Å². The van der Waals surface area contributed by atoms with Crippen LogP contribution < -0.4 is 5.32 Å². The molecule has 0 aliphatic heterocycles. The highest BCUT2D eigenvalue weighted by molar-refractivity contribution is 7.99. The second-order valence-electron chi connectivity index (χ2n) is 5.88. The zero-order chi connectivity index (χ0) is 11.4. The standard InChI is InChI=1S/C14H27NS/c1-11-4-3-5-12(2)14(11)15-8-9-16-10-13-6-7-13/h11-15H,3-10H2,1-2H3. The van der Waals surface area contributed by atoms with Crippen LogP contribution in [0, 0.1) is 17.8 Å². The van der Waals surface area contributed by atoms with E-state index in [4.69, 9.17) is 0 Å². The first-order valence-electron chi connectivity index (χ1n) is 7.08. The van der Waals surface area contributed by atoms with Crippen molar-refractivity contribution in [1.82, 2.24) is 5.32 Å². The van der Waals surface area contributed by atoms with E-state index in [0.717, 1.165) is 23.8 Å². The second kappa shape index (κ2) is 6.30. The Bertz CT molecular complexity index is 193. The summed E-state index contributed by atoms with van der Waals surface area (Å²) >= 11 is 2.15. The maximum absolute atomic E-state index is 3.79. The first kappa shape index (κ1) is 12.8. The molecule has 2 aliphatic carbocycles. The molecule has 2 atom stereocenters. The van der Waals surface area contributed by atoms with Crippen molar-refractivity contribution in [3.05, 3.63) is 0 Å². The molecule has 0 aromatic heterocycles. The van der Waals surface area contributed by atoms with E-state index in [1.54, 1.807) is 0 Å². The second-order valence-corrected chi connectivity index (χ2v) is 7.03. The quantitative estimate of drug-likeness (QED) is 0.714. The van der Waals surface area contributed by atoms with Crippen LogP contribution in [0.4, 0.5) is 0 Å². The molecule has 2 aliphatic rings. The van der Waals surface area contributed by atoms with Crippen LogP contribution in [-0.2, 0) is 0 Å². The first-order chi connectivity index (χ1) is 7.77. The number of nitrogens with one attached hydrogen (secondary N) is 1. The largest absolute Gasteiger partial charge is 0.313 e. The van der Waals surface area contributed by atoms with Crippen molar-refractivity contribution in [2.75, 3.05) is 18.1 Å². The molecule has 0 aromatic rings. The van der Waals surface area contributed by atoms with E-state index in [1.807, 2.05) is 0 Å². The Labute approximate surface area is 105 Å². The summed E-state index contributed by atoms with van der Waals surface area (Å²) in [6.07, 6.45) is 7.29. The van der Waals surface area contributed by atoms with Crippen LogP contribution in [0.2, 0.25) is 0 Å². The fourth-order valence-corrected chi connectivity index (χ4v) is 4.01. The molecule has 0 bridgehead atoms. The van der Waals surface area contributed by atoms with Crippen molar-refractivity contribution in [2.45, 2.75) is 52.0 Å². The molecule has 94 valence electrons. The SMILES string of the molecule is CC1CCCC(C)C1NCCSCC1CC1. The van der Waals surface area contributed by atoms with E-state index in [1.165, 1.54) is 50.2 Å². The van der Waals surface area contributed by atoms with Gasteiger partial charge >= 0.3 is 0 Å². The highest BCUT2D eigenvalue weighted by atomic mass is 32.2. The molecule has 0 radical (unpaired) electrons. The van der Waals surface area contributed by atoms with Crippen LogP contribution in [0.25, 0.3) is 0 Å². The van der Waals surface area contributed by atoms with Gasteiger partial charge in [-0.3, -0.25) is 0 Å². The number of thioether (sulfide) groups is 1. The van der Waals surface area contributed by atoms with Crippen LogP contribution in [-0.4, -0.2) is 24.1 Å². The molecular weight excluding hydrogens is 214 g/mol. The van der Waals surface area contributed by atoms with Gasteiger partial charge in [0.25, 0.3) is 0 Å². The van der Waals surface area contributed by atoms with Gasteiger partial charge in [-0.15, -0.1) is 0 Å². The molecule has 2 fully saturated rings. The maximum atomic E-state index is 3.79. The number of hydrogen-bond donors (Lipinski definition) is 1. The predicted octanol–water partition coefficient (Wildman–Crippen LogP) is 3.54. The summed E-state index contributed by atoms with van der Waals surface area (Å²) in [5.74, 6) is 5.58. The van der Waals surface area contributed by atoms with E-state index in [9.17, 15) is 0 Å². The van der Waals surface area contributed by atoms with Crippen molar-refractivity contribution in [1.29, 1.82) is 0 Å². The van der Waals surface area contributed by atoms with Gasteiger partial charge in [0.2, 0.25) is 0 Å². The average Bonchev–Trinajstić information content (AvgIpc) is 3.05. The third-order valence-electron chi connectivity index (χ3n) is 4.22. The minimum absolute atomic E-state index is 0.787. The van der Waals surface area contributed by atoms with Crippen LogP contribution in [0.1, 0.15) is 46.0 Å². The molecule has 1 nitrogen and oxygen atoms in total. The zero-order valence-corrected chi connectivity index (χ0v) is 11.7. The fraction of sp³-hybridized carbons (Fsp3) is 1.00. The maximum Gasteiger partial charge on any atom is 0.0119 e. The summed E-state index contributed by atoms with van der Waals surface area (Å²) in [7, 11) is 0. The van der Waals surface area contributed by atoms with E-state index in [-0.39, 0.29) is 0 Å². The molecule has 0 spiro atoms. The summed E-state index contributed by atoms with van der Waals surface area (Å²) in [6.45, 7) is 6.06. The van der Waals surface area contributed by atoms with Crippen LogP contribution in [0.5, 0.6) is 0 Å². The minimum atomic E-state index is 0.787. The van der Waals surface area contributed by atoms with E-state index in [0.29, 0.717) is 0 Å². The highest BCUT2D eigenvalue weighted by Gasteiger charge is 2.26. The fourth-order valence-electron chi connectivity index (χ4n) is 2.92. The Morgan fingerprint density at radius 1 is 1.06 bits per heavy atom. The average molecular weight is 241 g/mol. The summed E-state index contributed by atoms with van der Waals surface area (Å²) in [5.41, 5.74) is 0. The lowest BCUT2D eigenvalue weighted by atomic mass is 9.79. The lowest BCUT2D eigenvalue weighted by Crippen LogP contribution is -2.43. The molecule has 2 saturated carbocycles. The van der Waals surface area contributed by atoms with E-state index >= 15 is 0 Å². The molecule has 0 saturated heterocycles. The van der Waals surface area contributed by atoms with Gasteiger partial charge in [0, 0.05) is 18.3 Å². The lowest BCUT2D eigenvalue weighted by Gasteiger charge is -2.35. The van der Waals surface area contributed by atoms with Gasteiger partial charge in [-0.25, -0.2) is 0 Å². The Hall–Kier alpha value is 0.310. The van der Waals surface area contributed by atoms with Gasteiger partial charge in [-0.1, -0.05) is 20.3 Å². The topological polar surface area (TPSA) is 12.0 Å². The van der Waals surface area contributed by atoms with Gasteiger partial charge in [0.1, 0.15) is 0 Å². The summed E-state index contributed by atoms with van der Waals surface area (Å²) in [5, 5.41) is 3.79. The van der Waals surface area contributed by atoms with Gasteiger partial charge in [0.05, 0.1) is 0 Å². The van der Waals surface area contributed by atoms with Crippen molar-refractivity contribution in [3.63, 3.8) is 0 Å².